The van der Waals surface area contributed by atoms with Crippen molar-refractivity contribution in [1.29, 1.82) is 0 Å². The molecule has 0 unspecified atom stereocenters. The number of nitrogens with zero attached hydrogens (tertiary/aromatic N) is 3. The summed E-state index contributed by atoms with van der Waals surface area (Å²) in [5, 5.41) is 7.08. The highest BCUT2D eigenvalue weighted by atomic mass is 16.5. The molecule has 25 heavy (non-hydrogen) atoms. The van der Waals surface area contributed by atoms with Crippen molar-refractivity contribution in [3.63, 3.8) is 0 Å². The zero-order chi connectivity index (χ0) is 17.1. The quantitative estimate of drug-likeness (QED) is 0.839. The van der Waals surface area contributed by atoms with Crippen LogP contribution >= 0.6 is 0 Å². The molecule has 1 fully saturated rings. The van der Waals surface area contributed by atoms with Gasteiger partial charge in [-0.15, -0.1) is 0 Å². The second-order valence-corrected chi connectivity index (χ2v) is 7.09. The second-order valence-electron chi connectivity index (χ2n) is 7.09. The van der Waals surface area contributed by atoms with Gasteiger partial charge in [-0.05, 0) is 37.9 Å². The number of nitrogens with one attached hydrogen (secondary N) is 2. The highest BCUT2D eigenvalue weighted by Gasteiger charge is 2.42. The molecule has 1 aliphatic heterocycles. The van der Waals surface area contributed by atoms with E-state index >= 15 is 0 Å². The Morgan fingerprint density at radius 3 is 2.72 bits per heavy atom. The third kappa shape index (κ3) is 3.65. The van der Waals surface area contributed by atoms with Crippen molar-refractivity contribution < 1.29 is 4.74 Å². The van der Waals surface area contributed by atoms with Gasteiger partial charge in [0.15, 0.2) is 5.82 Å². The summed E-state index contributed by atoms with van der Waals surface area (Å²) in [6.45, 7) is 3.66. The van der Waals surface area contributed by atoms with Crippen LogP contribution < -0.4 is 10.6 Å². The van der Waals surface area contributed by atoms with Crippen molar-refractivity contribution in [1.82, 2.24) is 20.3 Å². The molecule has 2 aromatic rings. The van der Waals surface area contributed by atoms with Gasteiger partial charge in [0, 0.05) is 55.6 Å². The summed E-state index contributed by atoms with van der Waals surface area (Å²) in [5.41, 5.74) is 3.71. The van der Waals surface area contributed by atoms with Crippen molar-refractivity contribution in [2.24, 2.45) is 5.41 Å². The van der Waals surface area contributed by atoms with E-state index in [1.54, 1.807) is 19.5 Å². The molecular formula is C19H25N5O. The molecule has 0 amide bonds. The molecule has 6 heteroatoms. The van der Waals surface area contributed by atoms with E-state index in [-0.39, 0.29) is 5.41 Å². The van der Waals surface area contributed by atoms with E-state index in [1.807, 2.05) is 12.1 Å². The normalized spacial score (nSPS) is 18.3. The van der Waals surface area contributed by atoms with Crippen molar-refractivity contribution in [2.75, 3.05) is 38.7 Å². The number of rotatable bonds is 6. The van der Waals surface area contributed by atoms with Crippen LogP contribution in [0, 0.1) is 5.41 Å². The molecular weight excluding hydrogens is 314 g/mol. The number of pyridine rings is 1. The van der Waals surface area contributed by atoms with Crippen LogP contribution in [0.5, 0.6) is 0 Å². The lowest BCUT2D eigenvalue weighted by atomic mass is 10.1. The van der Waals surface area contributed by atoms with E-state index in [2.05, 4.69) is 15.6 Å². The number of ether oxygens (including phenoxy) is 1. The van der Waals surface area contributed by atoms with E-state index in [0.717, 1.165) is 62.0 Å². The average Bonchev–Trinajstić information content (AvgIpc) is 3.44. The summed E-state index contributed by atoms with van der Waals surface area (Å²) >= 11 is 0. The van der Waals surface area contributed by atoms with Crippen LogP contribution in [0.4, 0.5) is 5.82 Å². The van der Waals surface area contributed by atoms with Gasteiger partial charge >= 0.3 is 0 Å². The number of hydrogen-bond acceptors (Lipinski definition) is 6. The molecule has 2 N–H and O–H groups in total. The Morgan fingerprint density at radius 2 is 1.96 bits per heavy atom. The first-order valence-corrected chi connectivity index (χ1v) is 9.03. The van der Waals surface area contributed by atoms with Gasteiger partial charge in [-0.3, -0.25) is 4.98 Å². The predicted molar refractivity (Wildman–Crippen MR) is 97.6 cm³/mol. The van der Waals surface area contributed by atoms with Gasteiger partial charge in [0.05, 0.1) is 12.3 Å². The Labute approximate surface area is 148 Å². The van der Waals surface area contributed by atoms with Gasteiger partial charge in [-0.1, -0.05) is 0 Å². The lowest BCUT2D eigenvalue weighted by Gasteiger charge is -2.19. The zero-order valence-corrected chi connectivity index (χ0v) is 14.7. The minimum Gasteiger partial charge on any atom is -0.384 e. The van der Waals surface area contributed by atoms with Gasteiger partial charge in [-0.25, -0.2) is 9.97 Å². The van der Waals surface area contributed by atoms with Gasteiger partial charge in [0.2, 0.25) is 0 Å². The Bertz CT molecular complexity index is 730. The first kappa shape index (κ1) is 16.4. The Balaban J connectivity index is 1.65. The number of anilines is 1. The Hall–Kier alpha value is -2.05. The van der Waals surface area contributed by atoms with E-state index < -0.39 is 0 Å². The van der Waals surface area contributed by atoms with Crippen molar-refractivity contribution in [3.8, 4) is 11.4 Å². The average molecular weight is 339 g/mol. The van der Waals surface area contributed by atoms with Gasteiger partial charge in [-0.2, -0.15) is 0 Å². The highest BCUT2D eigenvalue weighted by molar-refractivity contribution is 5.59. The van der Waals surface area contributed by atoms with Crippen LogP contribution in [0.15, 0.2) is 24.5 Å². The van der Waals surface area contributed by atoms with E-state index in [0.29, 0.717) is 0 Å². The molecule has 132 valence electrons. The minimum atomic E-state index is 0.284. The van der Waals surface area contributed by atoms with E-state index in [9.17, 15) is 0 Å². The lowest BCUT2D eigenvalue weighted by molar-refractivity contribution is 0.147. The standard InChI is InChI=1S/C19H25N5O/c1-25-13-19(6-7-19)12-22-18-15-4-10-21-11-5-16(15)23-17(24-18)14-2-8-20-9-3-14/h2-3,8-9,21H,4-7,10-13H2,1H3,(H,22,23,24). The van der Waals surface area contributed by atoms with Gasteiger partial charge in [0.1, 0.15) is 5.82 Å². The minimum absolute atomic E-state index is 0.284. The molecule has 3 heterocycles. The monoisotopic (exact) mass is 339 g/mol. The number of aromatic nitrogens is 3. The smallest absolute Gasteiger partial charge is 0.161 e. The van der Waals surface area contributed by atoms with Crippen LogP contribution in [-0.2, 0) is 17.6 Å². The molecule has 2 aliphatic rings. The topological polar surface area (TPSA) is 72.0 Å². The first-order valence-electron chi connectivity index (χ1n) is 9.03. The molecule has 0 aromatic carbocycles. The largest absolute Gasteiger partial charge is 0.384 e. The van der Waals surface area contributed by atoms with Gasteiger partial charge in [0.25, 0.3) is 0 Å². The fraction of sp³-hybridized carbons (Fsp3) is 0.526. The van der Waals surface area contributed by atoms with Crippen molar-refractivity contribution in [2.45, 2.75) is 25.7 Å². The third-order valence-corrected chi connectivity index (χ3v) is 5.16. The van der Waals surface area contributed by atoms with E-state index in [1.165, 1.54) is 18.4 Å². The zero-order valence-electron chi connectivity index (χ0n) is 14.7. The number of methoxy groups -OCH3 is 1. The van der Waals surface area contributed by atoms with Gasteiger partial charge < -0.3 is 15.4 Å². The lowest BCUT2D eigenvalue weighted by Crippen LogP contribution is -2.22. The summed E-state index contributed by atoms with van der Waals surface area (Å²) in [6.07, 6.45) is 7.92. The summed E-state index contributed by atoms with van der Waals surface area (Å²) in [4.78, 5) is 13.8. The third-order valence-electron chi connectivity index (χ3n) is 5.16. The maximum absolute atomic E-state index is 5.39. The molecule has 0 atom stereocenters. The first-order chi connectivity index (χ1) is 12.3. The fourth-order valence-electron chi connectivity index (χ4n) is 3.45. The van der Waals surface area contributed by atoms with Crippen LogP contribution in [0.2, 0.25) is 0 Å². The van der Waals surface area contributed by atoms with Crippen LogP contribution in [-0.4, -0.2) is 48.3 Å². The van der Waals surface area contributed by atoms with Crippen molar-refractivity contribution in [3.05, 3.63) is 35.8 Å². The molecule has 2 aromatic heterocycles. The van der Waals surface area contributed by atoms with E-state index in [4.69, 9.17) is 14.7 Å². The molecule has 0 bridgehead atoms. The van der Waals surface area contributed by atoms with Crippen LogP contribution in [0.1, 0.15) is 24.1 Å². The summed E-state index contributed by atoms with van der Waals surface area (Å²) < 4.78 is 5.39. The summed E-state index contributed by atoms with van der Waals surface area (Å²) in [5.74, 6) is 1.77. The molecule has 4 rings (SSSR count). The number of hydrogen-bond donors (Lipinski definition) is 2. The summed E-state index contributed by atoms with van der Waals surface area (Å²) in [7, 11) is 1.78. The van der Waals surface area contributed by atoms with Crippen LogP contribution in [0.25, 0.3) is 11.4 Å². The highest BCUT2D eigenvalue weighted by Crippen LogP contribution is 2.45. The fourth-order valence-corrected chi connectivity index (χ4v) is 3.45. The predicted octanol–water partition coefficient (Wildman–Crippen LogP) is 2.07. The Morgan fingerprint density at radius 1 is 1.16 bits per heavy atom. The maximum atomic E-state index is 5.39. The number of fused-ring (bicyclic) bond motifs is 1. The van der Waals surface area contributed by atoms with Crippen molar-refractivity contribution >= 4 is 5.82 Å². The maximum Gasteiger partial charge on any atom is 0.161 e. The SMILES string of the molecule is COCC1(CNc2nc(-c3ccncc3)nc3c2CCNCC3)CC1. The summed E-state index contributed by atoms with van der Waals surface area (Å²) in [6, 6.07) is 3.93. The van der Waals surface area contributed by atoms with Crippen LogP contribution in [0.3, 0.4) is 0 Å². The molecule has 1 aliphatic carbocycles. The second kappa shape index (κ2) is 7.06. The molecule has 6 nitrogen and oxygen atoms in total. The molecule has 0 radical (unpaired) electrons. The Kier molecular flexibility index (Phi) is 4.63. The molecule has 1 saturated carbocycles. The molecule has 0 saturated heterocycles. The molecule has 0 spiro atoms.